The first kappa shape index (κ1) is 26.7. The molecule has 0 saturated heterocycles. The van der Waals surface area contributed by atoms with E-state index in [-0.39, 0.29) is 35.7 Å². The van der Waals surface area contributed by atoms with E-state index in [4.69, 9.17) is 4.74 Å². The minimum Gasteiger partial charge on any atom is -0.469 e. The molecule has 37 heavy (non-hydrogen) atoms. The fourth-order valence-corrected chi connectivity index (χ4v) is 5.23. The van der Waals surface area contributed by atoms with Crippen LogP contribution in [0.4, 0.5) is 18.9 Å². The number of carbonyl (C=O) groups is 3. The number of benzene rings is 2. The number of carbonyl (C=O) groups excluding carboxylic acids is 3. The number of hydrogen-bond acceptors (Lipinski definition) is 4. The van der Waals surface area contributed by atoms with E-state index in [2.05, 4.69) is 10.6 Å². The summed E-state index contributed by atoms with van der Waals surface area (Å²) in [5.74, 6) is -0.894. The molecule has 198 valence electrons. The van der Waals surface area contributed by atoms with E-state index in [0.29, 0.717) is 31.4 Å². The second-order valence-corrected chi connectivity index (χ2v) is 10.00. The van der Waals surface area contributed by atoms with Crippen molar-refractivity contribution in [1.82, 2.24) is 5.32 Å². The molecular formula is C28H31F3N2O4. The highest BCUT2D eigenvalue weighted by Gasteiger charge is 2.42. The van der Waals surface area contributed by atoms with Crippen molar-refractivity contribution < 1.29 is 32.3 Å². The molecule has 0 aromatic heterocycles. The van der Waals surface area contributed by atoms with Crippen molar-refractivity contribution in [1.29, 1.82) is 0 Å². The van der Waals surface area contributed by atoms with Crippen molar-refractivity contribution in [3.63, 3.8) is 0 Å². The van der Waals surface area contributed by atoms with Gasteiger partial charge in [-0.05, 0) is 74.3 Å². The van der Waals surface area contributed by atoms with Gasteiger partial charge in [0.15, 0.2) is 0 Å². The number of anilines is 1. The number of nitrogens with one attached hydrogen (secondary N) is 2. The Hall–Kier alpha value is -3.36. The highest BCUT2D eigenvalue weighted by molar-refractivity contribution is 5.92. The number of ether oxygens (including phenoxy) is 1. The summed E-state index contributed by atoms with van der Waals surface area (Å²) >= 11 is 0. The summed E-state index contributed by atoms with van der Waals surface area (Å²) in [6, 6.07) is 12.0. The van der Waals surface area contributed by atoms with E-state index in [0.717, 1.165) is 37.0 Å². The molecule has 0 atom stereocenters. The Balaban J connectivity index is 1.34. The van der Waals surface area contributed by atoms with Gasteiger partial charge in [-0.1, -0.05) is 30.3 Å². The molecule has 2 aliphatic carbocycles. The van der Waals surface area contributed by atoms with Gasteiger partial charge in [0.05, 0.1) is 30.6 Å². The van der Waals surface area contributed by atoms with E-state index in [1.54, 1.807) is 12.1 Å². The zero-order valence-corrected chi connectivity index (χ0v) is 20.7. The predicted octanol–water partition coefficient (Wildman–Crippen LogP) is 5.36. The number of amides is 2. The molecule has 0 bridgehead atoms. The van der Waals surface area contributed by atoms with Crippen molar-refractivity contribution in [3.8, 4) is 0 Å². The van der Waals surface area contributed by atoms with Crippen LogP contribution >= 0.6 is 0 Å². The van der Waals surface area contributed by atoms with Crippen molar-refractivity contribution in [2.45, 2.75) is 63.1 Å². The number of esters is 1. The number of methoxy groups -OCH3 is 1. The summed E-state index contributed by atoms with van der Waals surface area (Å²) in [5.41, 5.74) is 0.526. The second-order valence-electron chi connectivity index (χ2n) is 10.00. The fraction of sp³-hybridized carbons (Fsp3) is 0.464. The van der Waals surface area contributed by atoms with Crippen molar-refractivity contribution in [2.24, 2.45) is 11.8 Å². The van der Waals surface area contributed by atoms with Gasteiger partial charge in [0, 0.05) is 11.6 Å². The van der Waals surface area contributed by atoms with Crippen LogP contribution in [0.2, 0.25) is 0 Å². The smallest absolute Gasteiger partial charge is 0.416 e. The van der Waals surface area contributed by atoms with Gasteiger partial charge in [-0.25, -0.2) is 0 Å². The zero-order valence-electron chi connectivity index (χ0n) is 20.7. The molecule has 4 rings (SSSR count). The minimum absolute atomic E-state index is 0.00137. The highest BCUT2D eigenvalue weighted by atomic mass is 19.4. The molecule has 2 fully saturated rings. The Labute approximate surface area is 214 Å². The van der Waals surface area contributed by atoms with E-state index in [1.807, 2.05) is 12.1 Å². The molecule has 0 heterocycles. The molecule has 6 nitrogen and oxygen atoms in total. The van der Waals surface area contributed by atoms with Crippen LogP contribution in [0, 0.1) is 11.8 Å². The fourth-order valence-electron chi connectivity index (χ4n) is 5.23. The maximum atomic E-state index is 13.0. The number of alkyl halides is 3. The summed E-state index contributed by atoms with van der Waals surface area (Å²) in [7, 11) is 1.38. The third kappa shape index (κ3) is 6.32. The molecule has 0 spiro atoms. The van der Waals surface area contributed by atoms with E-state index < -0.39 is 23.2 Å². The molecule has 9 heteroatoms. The van der Waals surface area contributed by atoms with Crippen LogP contribution in [0.1, 0.15) is 61.6 Å². The Morgan fingerprint density at radius 3 is 2.19 bits per heavy atom. The summed E-state index contributed by atoms with van der Waals surface area (Å²) in [6.07, 6.45) is 0.581. The van der Waals surface area contributed by atoms with Gasteiger partial charge in [-0.15, -0.1) is 0 Å². The first-order chi connectivity index (χ1) is 17.6. The topological polar surface area (TPSA) is 84.5 Å². The lowest BCUT2D eigenvalue weighted by molar-refractivity contribution is -0.148. The molecule has 2 aromatic rings. The molecule has 2 aromatic carbocycles. The Morgan fingerprint density at radius 2 is 1.62 bits per heavy atom. The van der Waals surface area contributed by atoms with Crippen LogP contribution in [0.25, 0.3) is 0 Å². The first-order valence-corrected chi connectivity index (χ1v) is 12.6. The largest absolute Gasteiger partial charge is 0.469 e. The second kappa shape index (κ2) is 10.9. The quantitative estimate of drug-likeness (QED) is 0.485. The van der Waals surface area contributed by atoms with Crippen molar-refractivity contribution >= 4 is 23.5 Å². The lowest BCUT2D eigenvalue weighted by Crippen LogP contribution is -2.52. The van der Waals surface area contributed by atoms with Gasteiger partial charge in [-0.2, -0.15) is 13.2 Å². The van der Waals surface area contributed by atoms with Gasteiger partial charge in [0.1, 0.15) is 0 Å². The molecule has 0 aliphatic heterocycles. The predicted molar refractivity (Wildman–Crippen MR) is 131 cm³/mol. The maximum Gasteiger partial charge on any atom is 0.416 e. The lowest BCUT2D eigenvalue weighted by atomic mass is 9.71. The average Bonchev–Trinajstić information content (AvgIpc) is 2.86. The third-order valence-corrected chi connectivity index (χ3v) is 7.54. The molecular weight excluding hydrogens is 485 g/mol. The molecule has 2 amide bonds. The Morgan fingerprint density at radius 1 is 0.973 bits per heavy atom. The van der Waals surface area contributed by atoms with Gasteiger partial charge in [-0.3, -0.25) is 14.4 Å². The third-order valence-electron chi connectivity index (χ3n) is 7.54. The average molecular weight is 517 g/mol. The minimum atomic E-state index is -4.46. The number of hydrogen-bond donors (Lipinski definition) is 2. The normalized spacial score (nSPS) is 20.9. The van der Waals surface area contributed by atoms with Crippen LogP contribution in [0.15, 0.2) is 48.5 Å². The molecule has 2 aliphatic rings. The van der Waals surface area contributed by atoms with Crippen LogP contribution < -0.4 is 10.6 Å². The monoisotopic (exact) mass is 516 g/mol. The van der Waals surface area contributed by atoms with E-state index in [1.165, 1.54) is 19.2 Å². The zero-order chi connectivity index (χ0) is 26.6. The summed E-state index contributed by atoms with van der Waals surface area (Å²) < 4.78 is 43.6. The Kier molecular flexibility index (Phi) is 7.90. The Bertz CT molecular complexity index is 1130. The van der Waals surface area contributed by atoms with Crippen LogP contribution in [0.3, 0.4) is 0 Å². The summed E-state index contributed by atoms with van der Waals surface area (Å²) in [5, 5.41) is 5.98. The van der Waals surface area contributed by atoms with Crippen LogP contribution in [0.5, 0.6) is 0 Å². The lowest BCUT2D eigenvalue weighted by Gasteiger charge is -2.44. The van der Waals surface area contributed by atoms with Gasteiger partial charge in [0.25, 0.3) is 0 Å². The van der Waals surface area contributed by atoms with Gasteiger partial charge >= 0.3 is 12.1 Å². The van der Waals surface area contributed by atoms with Crippen LogP contribution in [-0.2, 0) is 37.3 Å². The van der Waals surface area contributed by atoms with E-state index in [9.17, 15) is 27.6 Å². The SMILES string of the molecule is COC(=O)C1CCC(C(=O)NC2(c3ccc(NC(=O)Cc4cccc(C(F)(F)F)c4)cc3)CCC2)CC1. The molecule has 2 saturated carbocycles. The highest BCUT2D eigenvalue weighted by Crippen LogP contribution is 2.42. The first-order valence-electron chi connectivity index (χ1n) is 12.6. The molecule has 0 radical (unpaired) electrons. The summed E-state index contributed by atoms with van der Waals surface area (Å²) in [6.45, 7) is 0. The standard InChI is InChI=1S/C28H31F3N2O4/c1-37-26(36)20-8-6-19(7-9-20)25(35)33-27(14-3-15-27)21-10-12-23(13-11-21)32-24(34)17-18-4-2-5-22(16-18)28(29,30)31/h2,4-5,10-13,16,19-20H,3,6-9,14-15,17H2,1H3,(H,32,34)(H,33,35). The van der Waals surface area contributed by atoms with Crippen LogP contribution in [-0.4, -0.2) is 24.9 Å². The van der Waals surface area contributed by atoms with Crippen molar-refractivity contribution in [2.75, 3.05) is 12.4 Å². The number of halogens is 3. The van der Waals surface area contributed by atoms with Gasteiger partial charge < -0.3 is 15.4 Å². The maximum absolute atomic E-state index is 13.0. The van der Waals surface area contributed by atoms with Crippen molar-refractivity contribution in [3.05, 3.63) is 65.2 Å². The molecule has 0 unspecified atom stereocenters. The van der Waals surface area contributed by atoms with E-state index >= 15 is 0 Å². The summed E-state index contributed by atoms with van der Waals surface area (Å²) in [4.78, 5) is 37.2. The van der Waals surface area contributed by atoms with Gasteiger partial charge in [0.2, 0.25) is 11.8 Å². The molecule has 2 N–H and O–H groups in total. The number of rotatable bonds is 7.